The molecule has 0 atom stereocenters. The number of hydrogen-bond donors (Lipinski definition) is 2. The summed E-state index contributed by atoms with van der Waals surface area (Å²) in [7, 11) is 8.49. The van der Waals surface area contributed by atoms with Crippen molar-refractivity contribution in [1.29, 1.82) is 0 Å². The monoisotopic (exact) mass is 258 g/mol. The molecule has 18 heavy (non-hydrogen) atoms. The van der Waals surface area contributed by atoms with Gasteiger partial charge in [0.25, 0.3) is 0 Å². The molecule has 0 heterocycles. The summed E-state index contributed by atoms with van der Waals surface area (Å²) in [6.45, 7) is 7.12. The lowest BCUT2D eigenvalue weighted by Crippen LogP contribution is -2.26. The van der Waals surface area contributed by atoms with E-state index >= 15 is 0 Å². The van der Waals surface area contributed by atoms with E-state index in [0.717, 1.165) is 13.1 Å². The van der Waals surface area contributed by atoms with Crippen molar-refractivity contribution in [3.05, 3.63) is 0 Å². The lowest BCUT2D eigenvalue weighted by molar-refractivity contribution is 0.289. The Morgan fingerprint density at radius 1 is 0.611 bits per heavy atom. The van der Waals surface area contributed by atoms with E-state index in [2.05, 4.69) is 34.5 Å². The molecular weight excluding hydrogens is 224 g/mol. The van der Waals surface area contributed by atoms with Crippen LogP contribution in [0.3, 0.4) is 0 Å². The highest BCUT2D eigenvalue weighted by molar-refractivity contribution is 4.57. The van der Waals surface area contributed by atoms with Gasteiger partial charge >= 0.3 is 0 Å². The van der Waals surface area contributed by atoms with Gasteiger partial charge in [0.05, 0.1) is 0 Å². The van der Waals surface area contributed by atoms with Crippen LogP contribution < -0.4 is 10.6 Å². The zero-order chi connectivity index (χ0) is 13.6. The molecule has 0 aromatic carbocycles. The van der Waals surface area contributed by atoms with E-state index < -0.39 is 0 Å². The highest BCUT2D eigenvalue weighted by Crippen LogP contribution is 1.97. The van der Waals surface area contributed by atoms with Crippen LogP contribution in [0.5, 0.6) is 0 Å². The zero-order valence-corrected chi connectivity index (χ0v) is 13.0. The Kier molecular flexibility index (Phi) is 13.2. The summed E-state index contributed by atoms with van der Waals surface area (Å²) in [5.74, 6) is 0. The van der Waals surface area contributed by atoms with Crippen molar-refractivity contribution in [2.45, 2.75) is 25.7 Å². The summed E-state index contributed by atoms with van der Waals surface area (Å²) >= 11 is 0. The van der Waals surface area contributed by atoms with Crippen LogP contribution in [0.15, 0.2) is 0 Å². The largest absolute Gasteiger partial charge is 0.320 e. The molecule has 0 fully saturated rings. The molecule has 0 spiro atoms. The summed E-state index contributed by atoms with van der Waals surface area (Å²) in [6.07, 6.45) is 5.12. The van der Waals surface area contributed by atoms with Crippen molar-refractivity contribution in [3.8, 4) is 0 Å². The minimum atomic E-state index is 1.12. The second kappa shape index (κ2) is 13.3. The highest BCUT2D eigenvalue weighted by Gasteiger charge is 2.00. The van der Waals surface area contributed by atoms with Gasteiger partial charge in [-0.3, -0.25) is 0 Å². The van der Waals surface area contributed by atoms with Gasteiger partial charge in [0.1, 0.15) is 0 Å². The van der Waals surface area contributed by atoms with Crippen molar-refractivity contribution in [2.75, 3.05) is 67.5 Å². The maximum atomic E-state index is 3.19. The molecule has 2 N–H and O–H groups in total. The molecule has 0 aliphatic heterocycles. The molecule has 0 aromatic heterocycles. The minimum Gasteiger partial charge on any atom is -0.320 e. The fraction of sp³-hybridized carbons (Fsp3) is 1.00. The van der Waals surface area contributed by atoms with Crippen LogP contribution in [-0.2, 0) is 0 Å². The van der Waals surface area contributed by atoms with Crippen LogP contribution >= 0.6 is 0 Å². The van der Waals surface area contributed by atoms with Crippen LogP contribution in [0.25, 0.3) is 0 Å². The van der Waals surface area contributed by atoms with Crippen LogP contribution in [0.4, 0.5) is 0 Å². The third-order valence-electron chi connectivity index (χ3n) is 3.26. The van der Waals surface area contributed by atoms with Gasteiger partial charge in [-0.05, 0) is 93.1 Å². The number of nitrogens with one attached hydrogen (secondary N) is 2. The van der Waals surface area contributed by atoms with Gasteiger partial charge in [0, 0.05) is 0 Å². The lowest BCUT2D eigenvalue weighted by Gasteiger charge is -2.19. The van der Waals surface area contributed by atoms with E-state index in [1.54, 1.807) is 0 Å². The number of hydrogen-bond acceptors (Lipinski definition) is 4. The highest BCUT2D eigenvalue weighted by atomic mass is 15.1. The Balaban J connectivity index is 3.27. The second-order valence-electron chi connectivity index (χ2n) is 5.23. The van der Waals surface area contributed by atoms with E-state index in [1.807, 2.05) is 14.1 Å². The molecular formula is C14H34N4. The first kappa shape index (κ1) is 17.8. The van der Waals surface area contributed by atoms with E-state index in [1.165, 1.54) is 51.9 Å². The lowest BCUT2D eigenvalue weighted by atomic mass is 10.2. The molecule has 0 bridgehead atoms. The average molecular weight is 258 g/mol. The number of nitrogens with zero attached hydrogens (tertiary/aromatic N) is 2. The van der Waals surface area contributed by atoms with Crippen LogP contribution in [-0.4, -0.2) is 77.3 Å². The Morgan fingerprint density at radius 3 is 1.28 bits per heavy atom. The third kappa shape index (κ3) is 12.3. The van der Waals surface area contributed by atoms with Crippen molar-refractivity contribution in [1.82, 2.24) is 20.4 Å². The first-order chi connectivity index (χ1) is 8.70. The molecule has 0 saturated heterocycles. The van der Waals surface area contributed by atoms with E-state index in [4.69, 9.17) is 0 Å². The first-order valence-electron chi connectivity index (χ1n) is 7.37. The summed E-state index contributed by atoms with van der Waals surface area (Å²) < 4.78 is 0. The first-order valence-corrected chi connectivity index (χ1v) is 7.37. The Morgan fingerprint density at radius 2 is 0.944 bits per heavy atom. The maximum Gasteiger partial charge on any atom is -0.000969 e. The van der Waals surface area contributed by atoms with E-state index in [9.17, 15) is 0 Å². The van der Waals surface area contributed by atoms with Crippen LogP contribution in [0.2, 0.25) is 0 Å². The summed E-state index contributed by atoms with van der Waals surface area (Å²) in [4.78, 5) is 4.89. The normalized spacial score (nSPS) is 11.7. The smallest absolute Gasteiger partial charge is 0.000969 e. The van der Waals surface area contributed by atoms with Gasteiger partial charge in [-0.2, -0.15) is 0 Å². The standard InChI is InChI=1S/C14H34N4/c1-15-9-7-13-17(3)11-5-6-12-18(4)14-8-10-16-2/h15-16H,5-14H2,1-4H3. The van der Waals surface area contributed by atoms with Crippen LogP contribution in [0, 0.1) is 0 Å². The number of unbranched alkanes of at least 4 members (excludes halogenated alkanes) is 1. The van der Waals surface area contributed by atoms with Gasteiger partial charge in [-0.1, -0.05) is 0 Å². The Bertz CT molecular complexity index is 146. The van der Waals surface area contributed by atoms with Crippen molar-refractivity contribution in [3.63, 3.8) is 0 Å². The van der Waals surface area contributed by atoms with Gasteiger partial charge in [-0.25, -0.2) is 0 Å². The Labute approximate surface area is 114 Å². The summed E-state index contributed by atoms with van der Waals surface area (Å²) in [6, 6.07) is 0. The molecule has 0 aliphatic carbocycles. The van der Waals surface area contributed by atoms with E-state index in [0.29, 0.717) is 0 Å². The van der Waals surface area contributed by atoms with E-state index in [-0.39, 0.29) is 0 Å². The molecule has 0 rings (SSSR count). The maximum absolute atomic E-state index is 3.19. The predicted molar refractivity (Wildman–Crippen MR) is 81.3 cm³/mol. The Hall–Kier alpha value is -0.160. The molecule has 0 amide bonds. The molecule has 0 unspecified atom stereocenters. The molecule has 0 radical (unpaired) electrons. The second-order valence-corrected chi connectivity index (χ2v) is 5.23. The van der Waals surface area contributed by atoms with Gasteiger partial charge in [0.2, 0.25) is 0 Å². The zero-order valence-electron chi connectivity index (χ0n) is 13.0. The molecule has 0 saturated carbocycles. The van der Waals surface area contributed by atoms with Gasteiger partial charge < -0.3 is 20.4 Å². The molecule has 110 valence electrons. The fourth-order valence-electron chi connectivity index (χ4n) is 2.04. The van der Waals surface area contributed by atoms with Gasteiger partial charge in [-0.15, -0.1) is 0 Å². The average Bonchev–Trinajstić information content (AvgIpc) is 2.35. The third-order valence-corrected chi connectivity index (χ3v) is 3.26. The van der Waals surface area contributed by atoms with Crippen molar-refractivity contribution < 1.29 is 0 Å². The minimum absolute atomic E-state index is 1.12. The summed E-state index contributed by atoms with van der Waals surface area (Å²) in [5, 5.41) is 6.38. The van der Waals surface area contributed by atoms with Gasteiger partial charge in [0.15, 0.2) is 0 Å². The molecule has 4 heteroatoms. The van der Waals surface area contributed by atoms with Crippen molar-refractivity contribution >= 4 is 0 Å². The molecule has 0 aromatic rings. The predicted octanol–water partition coefficient (Wildman–Crippen LogP) is 0.849. The SMILES string of the molecule is CNCCCN(C)CCCCN(C)CCCNC. The fourth-order valence-corrected chi connectivity index (χ4v) is 2.04. The molecule has 4 nitrogen and oxygen atoms in total. The topological polar surface area (TPSA) is 30.5 Å². The quantitative estimate of drug-likeness (QED) is 0.480. The van der Waals surface area contributed by atoms with Crippen LogP contribution in [0.1, 0.15) is 25.7 Å². The number of rotatable bonds is 13. The van der Waals surface area contributed by atoms with Crippen molar-refractivity contribution in [2.24, 2.45) is 0 Å². The summed E-state index contributed by atoms with van der Waals surface area (Å²) in [5.41, 5.74) is 0. The molecule has 0 aliphatic rings.